The average molecular weight is 340 g/mol. The molecule has 0 radical (unpaired) electrons. The van der Waals surface area contributed by atoms with Gasteiger partial charge in [-0.15, -0.1) is 6.58 Å². The first-order valence-corrected chi connectivity index (χ1v) is 8.64. The zero-order valence-corrected chi connectivity index (χ0v) is 14.1. The standard InChI is InChI=1S/C20H20O5/c1-3-6-19-9-20(17(8-16(19)21)24-11-25-20)12(2)18(19)13-4-5-14-15(7-13)23-10-22-14/h3-5,7-8,12,18H,1,6,9-11H2,2H3/t12-,18+,19+,20-/m0/s1. The van der Waals surface area contributed by atoms with Crippen molar-refractivity contribution in [1.29, 1.82) is 0 Å². The van der Waals surface area contributed by atoms with E-state index in [9.17, 15) is 4.79 Å². The maximum Gasteiger partial charge on any atom is 0.231 e. The minimum atomic E-state index is -0.550. The van der Waals surface area contributed by atoms with Crippen LogP contribution in [0.1, 0.15) is 31.2 Å². The van der Waals surface area contributed by atoms with E-state index in [4.69, 9.17) is 18.9 Å². The molecule has 2 aliphatic heterocycles. The molecule has 0 unspecified atom stereocenters. The second-order valence-electron chi connectivity index (χ2n) is 7.37. The van der Waals surface area contributed by atoms with Crippen molar-refractivity contribution in [2.45, 2.75) is 31.3 Å². The highest BCUT2D eigenvalue weighted by atomic mass is 16.7. The van der Waals surface area contributed by atoms with Crippen LogP contribution in [-0.4, -0.2) is 25.0 Å². The van der Waals surface area contributed by atoms with Gasteiger partial charge in [0.15, 0.2) is 24.1 Å². The summed E-state index contributed by atoms with van der Waals surface area (Å²) >= 11 is 0. The van der Waals surface area contributed by atoms with Crippen molar-refractivity contribution in [2.24, 2.45) is 11.3 Å². The van der Waals surface area contributed by atoms with Gasteiger partial charge in [-0.25, -0.2) is 0 Å². The van der Waals surface area contributed by atoms with E-state index in [1.807, 2.05) is 24.3 Å². The van der Waals surface area contributed by atoms with Crippen LogP contribution in [0.2, 0.25) is 0 Å². The van der Waals surface area contributed by atoms with E-state index >= 15 is 0 Å². The van der Waals surface area contributed by atoms with Crippen LogP contribution in [-0.2, 0) is 14.3 Å². The van der Waals surface area contributed by atoms with Gasteiger partial charge in [0.2, 0.25) is 6.79 Å². The van der Waals surface area contributed by atoms with Crippen LogP contribution in [0.4, 0.5) is 0 Å². The maximum atomic E-state index is 13.2. The Kier molecular flexibility index (Phi) is 2.93. The van der Waals surface area contributed by atoms with E-state index in [2.05, 4.69) is 13.5 Å². The van der Waals surface area contributed by atoms with Crippen LogP contribution >= 0.6 is 0 Å². The molecule has 1 aromatic carbocycles. The molecule has 2 bridgehead atoms. The molecule has 1 saturated heterocycles. The van der Waals surface area contributed by atoms with Crippen molar-refractivity contribution in [3.8, 4) is 11.5 Å². The second kappa shape index (κ2) is 4.88. The predicted octanol–water partition coefficient (Wildman–Crippen LogP) is 3.31. The molecule has 2 heterocycles. The Bertz CT molecular complexity index is 812. The number of hydrogen-bond acceptors (Lipinski definition) is 5. The molecule has 0 aromatic heterocycles. The molecular formula is C20H20O5. The number of fused-ring (bicyclic) bond motifs is 2. The molecule has 5 nitrogen and oxygen atoms in total. The van der Waals surface area contributed by atoms with Crippen molar-refractivity contribution in [2.75, 3.05) is 13.6 Å². The topological polar surface area (TPSA) is 54.0 Å². The monoisotopic (exact) mass is 340 g/mol. The van der Waals surface area contributed by atoms with Crippen LogP contribution in [0, 0.1) is 11.3 Å². The normalized spacial score (nSPS) is 37.5. The quantitative estimate of drug-likeness (QED) is 0.790. The van der Waals surface area contributed by atoms with Gasteiger partial charge in [-0.05, 0) is 30.5 Å². The molecule has 1 spiro atoms. The molecule has 5 rings (SSSR count). The first-order chi connectivity index (χ1) is 12.1. The molecule has 2 fully saturated rings. The molecule has 2 aliphatic carbocycles. The number of ketones is 1. The number of carbonyl (C=O) groups excluding carboxylic acids is 1. The molecule has 4 aliphatic rings. The first kappa shape index (κ1) is 15.0. The van der Waals surface area contributed by atoms with Crippen LogP contribution in [0.3, 0.4) is 0 Å². The van der Waals surface area contributed by atoms with Crippen LogP contribution in [0.15, 0.2) is 42.7 Å². The minimum absolute atomic E-state index is 0.00273. The Morgan fingerprint density at radius 3 is 2.92 bits per heavy atom. The van der Waals surface area contributed by atoms with E-state index in [1.54, 1.807) is 6.08 Å². The van der Waals surface area contributed by atoms with Gasteiger partial charge in [-0.2, -0.15) is 0 Å². The van der Waals surface area contributed by atoms with Crippen molar-refractivity contribution in [1.82, 2.24) is 0 Å². The highest BCUT2D eigenvalue weighted by Crippen LogP contribution is 2.66. The summed E-state index contributed by atoms with van der Waals surface area (Å²) in [5.41, 5.74) is 0.0123. The van der Waals surface area contributed by atoms with Gasteiger partial charge in [-0.1, -0.05) is 19.1 Å². The zero-order chi connectivity index (χ0) is 17.2. The van der Waals surface area contributed by atoms with E-state index in [-0.39, 0.29) is 31.2 Å². The zero-order valence-electron chi connectivity index (χ0n) is 14.1. The summed E-state index contributed by atoms with van der Waals surface area (Å²) < 4.78 is 22.7. The summed E-state index contributed by atoms with van der Waals surface area (Å²) in [6.45, 7) is 6.51. The molecule has 25 heavy (non-hydrogen) atoms. The lowest BCUT2D eigenvalue weighted by Gasteiger charge is -2.35. The lowest BCUT2D eigenvalue weighted by Crippen LogP contribution is -2.39. The molecule has 130 valence electrons. The molecule has 1 aromatic rings. The third-order valence-electron chi connectivity index (χ3n) is 6.37. The Balaban J connectivity index is 1.68. The minimum Gasteiger partial charge on any atom is -0.469 e. The summed E-state index contributed by atoms with van der Waals surface area (Å²) in [5.74, 6) is 2.39. The summed E-state index contributed by atoms with van der Waals surface area (Å²) in [7, 11) is 0. The van der Waals surface area contributed by atoms with E-state index in [1.165, 1.54) is 0 Å². The third-order valence-corrected chi connectivity index (χ3v) is 6.37. The van der Waals surface area contributed by atoms with Crippen LogP contribution in [0.5, 0.6) is 11.5 Å². The van der Waals surface area contributed by atoms with Gasteiger partial charge in [0.25, 0.3) is 0 Å². The van der Waals surface area contributed by atoms with Crippen molar-refractivity contribution in [3.63, 3.8) is 0 Å². The maximum absolute atomic E-state index is 13.2. The lowest BCUT2D eigenvalue weighted by atomic mass is 9.67. The fourth-order valence-corrected chi connectivity index (χ4v) is 5.31. The van der Waals surface area contributed by atoms with Gasteiger partial charge in [0.05, 0.1) is 0 Å². The van der Waals surface area contributed by atoms with Gasteiger partial charge in [-0.3, -0.25) is 4.79 Å². The Labute approximate surface area is 146 Å². The van der Waals surface area contributed by atoms with Crippen LogP contribution in [0.25, 0.3) is 0 Å². The number of benzene rings is 1. The molecule has 5 heteroatoms. The van der Waals surface area contributed by atoms with Crippen LogP contribution < -0.4 is 9.47 Å². The lowest BCUT2D eigenvalue weighted by molar-refractivity contribution is -0.126. The smallest absolute Gasteiger partial charge is 0.231 e. The second-order valence-corrected chi connectivity index (χ2v) is 7.37. The highest BCUT2D eigenvalue weighted by Gasteiger charge is 2.68. The summed E-state index contributed by atoms with van der Waals surface area (Å²) in [6.07, 6.45) is 4.75. The number of allylic oxidation sites excluding steroid dienone is 2. The molecule has 0 amide bonds. The Morgan fingerprint density at radius 1 is 1.24 bits per heavy atom. The van der Waals surface area contributed by atoms with Gasteiger partial charge >= 0.3 is 0 Å². The van der Waals surface area contributed by atoms with E-state index in [0.717, 1.165) is 17.1 Å². The summed E-state index contributed by atoms with van der Waals surface area (Å²) in [6, 6.07) is 5.98. The average Bonchev–Trinajstić information content (AvgIpc) is 3.26. The van der Waals surface area contributed by atoms with E-state index < -0.39 is 11.0 Å². The fraction of sp³-hybridized carbons (Fsp3) is 0.450. The van der Waals surface area contributed by atoms with Crippen molar-refractivity contribution >= 4 is 5.78 Å². The number of hydrogen-bond donors (Lipinski definition) is 0. The van der Waals surface area contributed by atoms with Gasteiger partial charge < -0.3 is 18.9 Å². The van der Waals surface area contributed by atoms with Gasteiger partial charge in [0.1, 0.15) is 11.4 Å². The summed E-state index contributed by atoms with van der Waals surface area (Å²) in [5, 5.41) is 0. The molecule has 1 saturated carbocycles. The number of ether oxygens (including phenoxy) is 4. The third kappa shape index (κ3) is 1.74. The number of carbonyl (C=O) groups is 1. The van der Waals surface area contributed by atoms with Crippen molar-refractivity contribution in [3.05, 3.63) is 48.3 Å². The highest BCUT2D eigenvalue weighted by molar-refractivity contribution is 5.98. The fourth-order valence-electron chi connectivity index (χ4n) is 5.31. The van der Waals surface area contributed by atoms with Gasteiger partial charge in [0, 0.05) is 23.3 Å². The Hall–Kier alpha value is -2.27. The Morgan fingerprint density at radius 2 is 2.08 bits per heavy atom. The predicted molar refractivity (Wildman–Crippen MR) is 89.2 cm³/mol. The number of rotatable bonds is 3. The SMILES string of the molecule is C=CC[C@@]12C[C@]3(OCOC3=CC1=O)[C@@H](C)[C@@H]2c1ccc2c(c1)OCO2. The first-order valence-electron chi connectivity index (χ1n) is 8.64. The molecule has 4 atom stereocenters. The van der Waals surface area contributed by atoms with E-state index in [0.29, 0.717) is 18.6 Å². The largest absolute Gasteiger partial charge is 0.469 e. The molecular weight excluding hydrogens is 320 g/mol. The molecule has 0 N–H and O–H groups in total. The summed E-state index contributed by atoms with van der Waals surface area (Å²) in [4.78, 5) is 13.2. The van der Waals surface area contributed by atoms with Crippen molar-refractivity contribution < 1.29 is 23.7 Å².